The lowest BCUT2D eigenvalue weighted by Gasteiger charge is -2.39. The predicted molar refractivity (Wildman–Crippen MR) is 123 cm³/mol. The van der Waals surface area contributed by atoms with E-state index in [1.807, 2.05) is 13.8 Å². The van der Waals surface area contributed by atoms with E-state index in [9.17, 15) is 14.7 Å². The number of hydrogen-bond donors (Lipinski definition) is 1. The van der Waals surface area contributed by atoms with Gasteiger partial charge in [-0.2, -0.15) is 0 Å². The lowest BCUT2D eigenvalue weighted by Crippen LogP contribution is -2.52. The minimum absolute atomic E-state index is 0.0580. The summed E-state index contributed by atoms with van der Waals surface area (Å²) in [7, 11) is -2.01. The summed E-state index contributed by atoms with van der Waals surface area (Å²) >= 11 is 0. The largest absolute Gasteiger partial charge is 0.444 e. The van der Waals surface area contributed by atoms with Crippen LogP contribution in [0, 0.1) is 11.8 Å². The van der Waals surface area contributed by atoms with Gasteiger partial charge in [0.15, 0.2) is 14.1 Å². The topological polar surface area (TPSA) is 76.1 Å². The van der Waals surface area contributed by atoms with Crippen LogP contribution in [0.4, 0.5) is 4.79 Å². The van der Waals surface area contributed by atoms with Crippen LogP contribution < -0.4 is 0 Å². The normalized spacial score (nSPS) is 24.3. The standard InChI is InChI=1S/C23H45NO5Si/c1-15(2)12-19(26)20-17(14-28-30(10,11)23(7,8)9)13-18(16(3)25)24(20)21(27)29-22(4,5)6/h15,17-20,26H,12-14H2,1-11H3/t17-,18+,19?,20+/m0/s1. The predicted octanol–water partition coefficient (Wildman–Crippen LogP) is 5.00. The number of ketones is 1. The first kappa shape index (κ1) is 27.1. The molecule has 0 aromatic heterocycles. The molecular weight excluding hydrogens is 398 g/mol. The van der Waals surface area contributed by atoms with E-state index in [1.165, 1.54) is 11.8 Å². The Morgan fingerprint density at radius 1 is 1.13 bits per heavy atom. The fraction of sp³-hybridized carbons (Fsp3) is 0.913. The van der Waals surface area contributed by atoms with Crippen molar-refractivity contribution in [2.45, 2.75) is 117 Å². The van der Waals surface area contributed by atoms with E-state index in [0.29, 0.717) is 19.4 Å². The minimum Gasteiger partial charge on any atom is -0.444 e. The second kappa shape index (κ2) is 9.70. The van der Waals surface area contributed by atoms with Gasteiger partial charge in [-0.05, 0) is 64.6 Å². The Labute approximate surface area is 184 Å². The van der Waals surface area contributed by atoms with Crippen molar-refractivity contribution in [3.8, 4) is 0 Å². The zero-order valence-electron chi connectivity index (χ0n) is 21.0. The van der Waals surface area contributed by atoms with Gasteiger partial charge in [0.2, 0.25) is 0 Å². The van der Waals surface area contributed by atoms with Gasteiger partial charge < -0.3 is 14.3 Å². The number of carbonyl (C=O) groups is 2. The Morgan fingerprint density at radius 3 is 2.07 bits per heavy atom. The van der Waals surface area contributed by atoms with Gasteiger partial charge in [-0.3, -0.25) is 9.69 Å². The van der Waals surface area contributed by atoms with Gasteiger partial charge in [-0.1, -0.05) is 34.6 Å². The summed E-state index contributed by atoms with van der Waals surface area (Å²) in [4.78, 5) is 27.1. The molecule has 1 heterocycles. The second-order valence-electron chi connectivity index (χ2n) is 11.8. The summed E-state index contributed by atoms with van der Waals surface area (Å²) in [6.45, 7) is 22.4. The van der Waals surface area contributed by atoms with Crippen molar-refractivity contribution in [3.05, 3.63) is 0 Å². The van der Waals surface area contributed by atoms with Crippen LogP contribution in [-0.4, -0.2) is 60.6 Å². The minimum atomic E-state index is -2.01. The SMILES string of the molecule is CC(=O)[C@H]1C[C@@H](CO[Si](C)(C)C(C)(C)C)[C@H](C(O)CC(C)C)N1C(=O)OC(C)(C)C. The van der Waals surface area contributed by atoms with Gasteiger partial charge in [-0.25, -0.2) is 4.79 Å². The van der Waals surface area contributed by atoms with E-state index in [2.05, 4.69) is 33.9 Å². The average molecular weight is 444 g/mol. The number of nitrogens with zero attached hydrogens (tertiary/aromatic N) is 1. The number of aliphatic hydroxyl groups excluding tert-OH is 1. The maximum atomic E-state index is 13.1. The van der Waals surface area contributed by atoms with E-state index in [1.54, 1.807) is 20.8 Å². The lowest BCUT2D eigenvalue weighted by atomic mass is 9.91. The Hall–Kier alpha value is -0.923. The molecule has 1 N–H and O–H groups in total. The monoisotopic (exact) mass is 443 g/mol. The number of rotatable bonds is 7. The highest BCUT2D eigenvalue weighted by Gasteiger charge is 2.51. The Kier molecular flexibility index (Phi) is 8.76. The van der Waals surface area contributed by atoms with Crippen LogP contribution in [0.2, 0.25) is 18.1 Å². The van der Waals surface area contributed by atoms with Gasteiger partial charge in [0.1, 0.15) is 5.60 Å². The van der Waals surface area contributed by atoms with E-state index >= 15 is 0 Å². The first-order valence-corrected chi connectivity index (χ1v) is 14.1. The highest BCUT2D eigenvalue weighted by Crippen LogP contribution is 2.40. The molecule has 176 valence electrons. The van der Waals surface area contributed by atoms with E-state index < -0.39 is 38.2 Å². The molecule has 0 aromatic rings. The maximum Gasteiger partial charge on any atom is 0.411 e. The van der Waals surface area contributed by atoms with Gasteiger partial charge in [0.05, 0.1) is 18.2 Å². The molecule has 30 heavy (non-hydrogen) atoms. The highest BCUT2D eigenvalue weighted by atomic mass is 28.4. The molecule has 6 nitrogen and oxygen atoms in total. The third-order valence-corrected chi connectivity index (χ3v) is 10.8. The Morgan fingerprint density at radius 2 is 1.67 bits per heavy atom. The molecule has 1 rings (SSSR count). The molecule has 0 radical (unpaired) electrons. The Balaban J connectivity index is 3.25. The molecular formula is C23H45NO5Si. The molecule has 7 heteroatoms. The highest BCUT2D eigenvalue weighted by molar-refractivity contribution is 6.74. The first-order chi connectivity index (χ1) is 13.4. The molecule has 1 fully saturated rings. The summed E-state index contributed by atoms with van der Waals surface area (Å²) in [5.41, 5.74) is -0.679. The van der Waals surface area contributed by atoms with E-state index in [-0.39, 0.29) is 22.7 Å². The van der Waals surface area contributed by atoms with Crippen molar-refractivity contribution in [1.82, 2.24) is 4.90 Å². The van der Waals surface area contributed by atoms with Gasteiger partial charge >= 0.3 is 6.09 Å². The molecule has 0 aliphatic carbocycles. The number of carbonyl (C=O) groups excluding carboxylic acids is 2. The molecule has 1 aliphatic rings. The third-order valence-electron chi connectivity index (χ3n) is 6.31. The van der Waals surface area contributed by atoms with Gasteiger partial charge in [0.25, 0.3) is 0 Å². The fourth-order valence-corrected chi connectivity index (χ4v) is 4.78. The molecule has 4 atom stereocenters. The van der Waals surface area contributed by atoms with E-state index in [0.717, 1.165) is 0 Å². The van der Waals surface area contributed by atoms with Crippen molar-refractivity contribution in [2.75, 3.05) is 6.61 Å². The second-order valence-corrected chi connectivity index (χ2v) is 16.6. The maximum absolute atomic E-state index is 13.1. The average Bonchev–Trinajstić information content (AvgIpc) is 2.89. The van der Waals surface area contributed by atoms with Crippen molar-refractivity contribution < 1.29 is 23.9 Å². The van der Waals surface area contributed by atoms with Crippen molar-refractivity contribution in [1.29, 1.82) is 0 Å². The number of aliphatic hydroxyl groups is 1. The smallest absolute Gasteiger partial charge is 0.411 e. The van der Waals surface area contributed by atoms with Gasteiger partial charge in [0, 0.05) is 12.5 Å². The molecule has 0 spiro atoms. The van der Waals surface area contributed by atoms with Crippen molar-refractivity contribution >= 4 is 20.2 Å². The zero-order valence-corrected chi connectivity index (χ0v) is 22.0. The van der Waals surface area contributed by atoms with Crippen molar-refractivity contribution in [2.24, 2.45) is 11.8 Å². The van der Waals surface area contributed by atoms with Crippen LogP contribution in [0.1, 0.15) is 75.2 Å². The third kappa shape index (κ3) is 7.06. The van der Waals surface area contributed by atoms with Crippen LogP contribution in [0.3, 0.4) is 0 Å². The lowest BCUT2D eigenvalue weighted by molar-refractivity contribution is -0.122. The number of ether oxygens (including phenoxy) is 1. The van der Waals surface area contributed by atoms with Crippen molar-refractivity contribution in [3.63, 3.8) is 0 Å². The quantitative estimate of drug-likeness (QED) is 0.560. The molecule has 0 aromatic carbocycles. The Bertz CT molecular complexity index is 606. The summed E-state index contributed by atoms with van der Waals surface area (Å²) < 4.78 is 12.1. The summed E-state index contributed by atoms with van der Waals surface area (Å²) in [6, 6.07) is -1.10. The van der Waals surface area contributed by atoms with E-state index in [4.69, 9.17) is 9.16 Å². The molecule has 1 saturated heterocycles. The number of Topliss-reactive ketones (excluding diaryl/α,β-unsaturated/α-hetero) is 1. The molecule has 0 bridgehead atoms. The zero-order chi connectivity index (χ0) is 23.7. The number of hydrogen-bond acceptors (Lipinski definition) is 5. The summed E-state index contributed by atoms with van der Waals surface area (Å²) in [5, 5.41) is 11.1. The summed E-state index contributed by atoms with van der Waals surface area (Å²) in [6.07, 6.45) is -0.242. The molecule has 1 amide bonds. The molecule has 1 unspecified atom stereocenters. The fourth-order valence-electron chi connectivity index (χ4n) is 3.72. The van der Waals surface area contributed by atoms with Crippen LogP contribution in [-0.2, 0) is 14.0 Å². The molecule has 1 aliphatic heterocycles. The first-order valence-electron chi connectivity index (χ1n) is 11.2. The van der Waals surface area contributed by atoms with Crippen LogP contribution in [0.5, 0.6) is 0 Å². The number of amides is 1. The van der Waals surface area contributed by atoms with Gasteiger partial charge in [-0.15, -0.1) is 0 Å². The van der Waals surface area contributed by atoms with Crippen LogP contribution in [0.25, 0.3) is 0 Å². The number of likely N-dealkylation sites (tertiary alicyclic amines) is 1. The van der Waals surface area contributed by atoms with Crippen LogP contribution in [0.15, 0.2) is 0 Å². The van der Waals surface area contributed by atoms with Crippen LogP contribution >= 0.6 is 0 Å². The summed E-state index contributed by atoms with van der Waals surface area (Å²) in [5.74, 6) is 0.0607. The molecule has 0 saturated carbocycles.